The van der Waals surface area contributed by atoms with Crippen LogP contribution in [0.15, 0.2) is 21.5 Å². The molecule has 8 heteroatoms. The minimum absolute atomic E-state index is 0.0851. The van der Waals surface area contributed by atoms with Gasteiger partial charge in [-0.1, -0.05) is 15.9 Å². The summed E-state index contributed by atoms with van der Waals surface area (Å²) in [7, 11) is -3.93. The lowest BCUT2D eigenvalue weighted by Crippen LogP contribution is -2.15. The molecule has 0 aliphatic carbocycles. The first kappa shape index (κ1) is 14.9. The number of rotatable bonds is 5. The normalized spacial score (nSPS) is 11.3. The Labute approximate surface area is 113 Å². The number of nitrogens with two attached hydrogens (primary N) is 1. The number of aryl methyl sites for hydroxylation is 1. The molecule has 0 aliphatic heterocycles. The maximum atomic E-state index is 11.4. The second kappa shape index (κ2) is 5.68. The van der Waals surface area contributed by atoms with Crippen LogP contribution in [0.2, 0.25) is 0 Å². The highest BCUT2D eigenvalue weighted by Crippen LogP contribution is 2.30. The number of carboxylic acids is 1. The Balaban J connectivity index is 3.13. The van der Waals surface area contributed by atoms with Crippen molar-refractivity contribution in [3.05, 3.63) is 22.2 Å². The molecule has 0 saturated heterocycles. The zero-order valence-electron chi connectivity index (χ0n) is 9.51. The summed E-state index contributed by atoms with van der Waals surface area (Å²) in [5.41, 5.74) is 0.554. The summed E-state index contributed by atoms with van der Waals surface area (Å²) in [5.74, 6) is -0.941. The van der Waals surface area contributed by atoms with Crippen molar-refractivity contribution in [3.8, 4) is 5.75 Å². The van der Waals surface area contributed by atoms with E-state index in [9.17, 15) is 13.2 Å². The lowest BCUT2D eigenvalue weighted by molar-refractivity contribution is -0.137. The van der Waals surface area contributed by atoms with E-state index in [1.165, 1.54) is 6.07 Å². The quantitative estimate of drug-likeness (QED) is 0.840. The van der Waals surface area contributed by atoms with Crippen molar-refractivity contribution in [2.24, 2.45) is 5.14 Å². The topological polar surface area (TPSA) is 107 Å². The molecule has 0 unspecified atom stereocenters. The number of aliphatic carboxylic acids is 1. The standard InChI is InChI=1S/C10H12BrNO5S/c1-6-4-7(11)5-8(18(12,15)16)10(6)17-3-2-9(13)14/h4-5H,2-3H2,1H3,(H,13,14)(H2,12,15,16). The second-order valence-electron chi connectivity index (χ2n) is 3.59. The van der Waals surface area contributed by atoms with E-state index in [1.54, 1.807) is 13.0 Å². The summed E-state index contributed by atoms with van der Waals surface area (Å²) in [6, 6.07) is 2.98. The molecule has 3 N–H and O–H groups in total. The van der Waals surface area contributed by atoms with E-state index in [0.717, 1.165) is 0 Å². The van der Waals surface area contributed by atoms with Gasteiger partial charge in [0, 0.05) is 4.47 Å². The number of carbonyl (C=O) groups is 1. The number of halogens is 1. The molecule has 0 bridgehead atoms. The lowest BCUT2D eigenvalue weighted by Gasteiger charge is -2.12. The molecule has 0 atom stereocenters. The fourth-order valence-corrected chi connectivity index (χ4v) is 2.83. The Hall–Kier alpha value is -1.12. The van der Waals surface area contributed by atoms with Crippen LogP contribution in [0.4, 0.5) is 0 Å². The van der Waals surface area contributed by atoms with Crippen LogP contribution in [0.25, 0.3) is 0 Å². The van der Waals surface area contributed by atoms with Crippen LogP contribution < -0.4 is 9.88 Å². The first-order valence-electron chi connectivity index (χ1n) is 4.89. The molecule has 1 aromatic rings. The van der Waals surface area contributed by atoms with Crippen LogP contribution in [0.1, 0.15) is 12.0 Å². The Morgan fingerprint density at radius 2 is 2.11 bits per heavy atom. The third-order valence-corrected chi connectivity index (χ3v) is 3.45. The van der Waals surface area contributed by atoms with Gasteiger partial charge in [0.2, 0.25) is 10.0 Å². The maximum absolute atomic E-state index is 11.4. The molecule has 0 radical (unpaired) electrons. The van der Waals surface area contributed by atoms with Crippen molar-refractivity contribution in [1.29, 1.82) is 0 Å². The van der Waals surface area contributed by atoms with Gasteiger partial charge >= 0.3 is 5.97 Å². The summed E-state index contributed by atoms with van der Waals surface area (Å²) >= 11 is 3.16. The number of benzene rings is 1. The second-order valence-corrected chi connectivity index (χ2v) is 6.03. The molecule has 0 aromatic heterocycles. The Morgan fingerprint density at radius 1 is 1.50 bits per heavy atom. The van der Waals surface area contributed by atoms with E-state index >= 15 is 0 Å². The molecule has 1 rings (SSSR count). The SMILES string of the molecule is Cc1cc(Br)cc(S(N)(=O)=O)c1OCCC(=O)O. The highest BCUT2D eigenvalue weighted by Gasteiger charge is 2.18. The van der Waals surface area contributed by atoms with Gasteiger partial charge in [-0.15, -0.1) is 0 Å². The van der Waals surface area contributed by atoms with Crippen molar-refractivity contribution < 1.29 is 23.1 Å². The number of hydrogen-bond donors (Lipinski definition) is 2. The van der Waals surface area contributed by atoms with Crippen LogP contribution in [-0.4, -0.2) is 26.1 Å². The number of hydrogen-bond acceptors (Lipinski definition) is 4. The van der Waals surface area contributed by atoms with E-state index in [2.05, 4.69) is 15.9 Å². The molecule has 18 heavy (non-hydrogen) atoms. The molecule has 100 valence electrons. The lowest BCUT2D eigenvalue weighted by atomic mass is 10.2. The van der Waals surface area contributed by atoms with Crippen LogP contribution in [-0.2, 0) is 14.8 Å². The minimum atomic E-state index is -3.93. The molecule has 0 heterocycles. The predicted molar refractivity (Wildman–Crippen MR) is 68.0 cm³/mol. The van der Waals surface area contributed by atoms with E-state index in [0.29, 0.717) is 10.0 Å². The van der Waals surface area contributed by atoms with Gasteiger partial charge in [-0.25, -0.2) is 13.6 Å². The van der Waals surface area contributed by atoms with E-state index < -0.39 is 16.0 Å². The van der Waals surface area contributed by atoms with Crippen molar-refractivity contribution in [2.45, 2.75) is 18.2 Å². The average Bonchev–Trinajstić information content (AvgIpc) is 2.18. The maximum Gasteiger partial charge on any atom is 0.306 e. The molecule has 1 aromatic carbocycles. The van der Waals surface area contributed by atoms with Gasteiger partial charge in [0.25, 0.3) is 0 Å². The summed E-state index contributed by atoms with van der Waals surface area (Å²) in [4.78, 5) is 10.2. The Bertz CT molecular complexity index is 570. The highest BCUT2D eigenvalue weighted by molar-refractivity contribution is 9.10. The third-order valence-electron chi connectivity index (χ3n) is 2.07. The zero-order chi connectivity index (χ0) is 13.9. The van der Waals surface area contributed by atoms with Gasteiger partial charge in [0.1, 0.15) is 10.6 Å². The summed E-state index contributed by atoms with van der Waals surface area (Å²) in [6.07, 6.45) is -0.223. The number of sulfonamides is 1. The number of primary sulfonamides is 1. The summed E-state index contributed by atoms with van der Waals surface area (Å²) in [5, 5.41) is 13.6. The van der Waals surface area contributed by atoms with Crippen LogP contribution in [0.3, 0.4) is 0 Å². The first-order valence-corrected chi connectivity index (χ1v) is 7.23. The first-order chi connectivity index (χ1) is 8.21. The Kier molecular flexibility index (Phi) is 4.71. The predicted octanol–water partition coefficient (Wildman–Crippen LogP) is 1.26. The molecule has 0 aliphatic rings. The minimum Gasteiger partial charge on any atom is -0.491 e. The van der Waals surface area contributed by atoms with Gasteiger partial charge in [-0.3, -0.25) is 4.79 Å². The molecule has 0 saturated carbocycles. The average molecular weight is 338 g/mol. The largest absolute Gasteiger partial charge is 0.491 e. The molecular weight excluding hydrogens is 326 g/mol. The molecule has 6 nitrogen and oxygen atoms in total. The van der Waals surface area contributed by atoms with Gasteiger partial charge in [0.05, 0.1) is 13.0 Å². The van der Waals surface area contributed by atoms with Crippen LogP contribution >= 0.6 is 15.9 Å². The summed E-state index contributed by atoms with van der Waals surface area (Å²) in [6.45, 7) is 1.52. The van der Waals surface area contributed by atoms with E-state index in [-0.39, 0.29) is 23.7 Å². The molecule has 0 fully saturated rings. The monoisotopic (exact) mass is 337 g/mol. The zero-order valence-corrected chi connectivity index (χ0v) is 11.9. The molecule has 0 spiro atoms. The third kappa shape index (κ3) is 3.97. The van der Waals surface area contributed by atoms with Crippen LogP contribution in [0, 0.1) is 6.92 Å². The van der Waals surface area contributed by atoms with Crippen LogP contribution in [0.5, 0.6) is 5.75 Å². The van der Waals surface area contributed by atoms with Gasteiger partial charge in [0.15, 0.2) is 0 Å². The van der Waals surface area contributed by atoms with E-state index in [4.69, 9.17) is 15.0 Å². The van der Waals surface area contributed by atoms with Gasteiger partial charge in [-0.2, -0.15) is 0 Å². The summed E-state index contributed by atoms with van der Waals surface area (Å²) < 4.78 is 28.6. The number of ether oxygens (including phenoxy) is 1. The number of carboxylic acid groups (broad SMARTS) is 1. The van der Waals surface area contributed by atoms with E-state index in [1.807, 2.05) is 0 Å². The Morgan fingerprint density at radius 3 is 2.61 bits per heavy atom. The van der Waals surface area contributed by atoms with Crippen molar-refractivity contribution >= 4 is 31.9 Å². The smallest absolute Gasteiger partial charge is 0.306 e. The fourth-order valence-electron chi connectivity index (χ4n) is 1.34. The van der Waals surface area contributed by atoms with Crippen molar-refractivity contribution in [3.63, 3.8) is 0 Å². The van der Waals surface area contributed by atoms with Crippen molar-refractivity contribution in [1.82, 2.24) is 0 Å². The molecule has 0 amide bonds. The fraction of sp³-hybridized carbons (Fsp3) is 0.300. The highest BCUT2D eigenvalue weighted by atomic mass is 79.9. The van der Waals surface area contributed by atoms with Gasteiger partial charge < -0.3 is 9.84 Å². The van der Waals surface area contributed by atoms with Crippen molar-refractivity contribution in [2.75, 3.05) is 6.61 Å². The van der Waals surface area contributed by atoms with Gasteiger partial charge in [-0.05, 0) is 24.6 Å². The molecular formula is C10H12BrNO5S.